The lowest BCUT2D eigenvalue weighted by atomic mass is 9.78. The van der Waals surface area contributed by atoms with Gasteiger partial charge in [0.05, 0.1) is 12.0 Å². The number of nitrogens with zero attached hydrogens (tertiary/aromatic N) is 2. The molecule has 0 radical (unpaired) electrons. The van der Waals surface area contributed by atoms with Crippen LogP contribution in [0.5, 0.6) is 0 Å². The molecule has 8 heteroatoms. The third kappa shape index (κ3) is 3.67. The standard InChI is InChI=1S/C24H34N2O6/c1-23(2,3)26-13-9-11-24-18(17-16(32-24)10-8-15-31-22(17)30)20(28)25(19(24)21(26)29)12-6-4-5-7-14-27/h8-11,16-19,27H,4-7,12-15H2,1-3H3/t16-,17+,18+,19-,24?/m1/s1. The molecule has 2 fully saturated rings. The minimum atomic E-state index is -1.19. The second kappa shape index (κ2) is 8.63. The molecule has 1 N–H and O–H groups in total. The van der Waals surface area contributed by atoms with E-state index in [4.69, 9.17) is 14.6 Å². The molecule has 4 aliphatic rings. The summed E-state index contributed by atoms with van der Waals surface area (Å²) in [6.07, 6.45) is 9.83. The molecular weight excluding hydrogens is 412 g/mol. The summed E-state index contributed by atoms with van der Waals surface area (Å²) in [5.74, 6) is -2.36. The van der Waals surface area contributed by atoms with Crippen LogP contribution in [0.1, 0.15) is 46.5 Å². The fourth-order valence-electron chi connectivity index (χ4n) is 5.56. The maximum atomic E-state index is 13.9. The molecule has 0 aromatic rings. The monoisotopic (exact) mass is 446 g/mol. The number of amides is 2. The highest BCUT2D eigenvalue weighted by Crippen LogP contribution is 2.53. The van der Waals surface area contributed by atoms with Gasteiger partial charge in [0.15, 0.2) is 0 Å². The van der Waals surface area contributed by atoms with E-state index in [2.05, 4.69) is 0 Å². The Morgan fingerprint density at radius 2 is 1.84 bits per heavy atom. The van der Waals surface area contributed by atoms with Crippen LogP contribution in [0, 0.1) is 11.8 Å². The number of rotatable bonds is 6. The number of hydrogen-bond acceptors (Lipinski definition) is 6. The van der Waals surface area contributed by atoms with Gasteiger partial charge < -0.3 is 24.4 Å². The number of unbranched alkanes of at least 4 members (excludes halogenated alkanes) is 3. The number of carbonyl (C=O) groups is 3. The molecule has 1 unspecified atom stereocenters. The quantitative estimate of drug-likeness (QED) is 0.377. The first-order valence-electron chi connectivity index (χ1n) is 11.6. The predicted molar refractivity (Wildman–Crippen MR) is 116 cm³/mol. The van der Waals surface area contributed by atoms with Gasteiger partial charge in [-0.05, 0) is 39.7 Å². The van der Waals surface area contributed by atoms with Crippen molar-refractivity contribution in [1.82, 2.24) is 9.80 Å². The van der Waals surface area contributed by atoms with Gasteiger partial charge >= 0.3 is 5.97 Å². The van der Waals surface area contributed by atoms with Gasteiger partial charge in [-0.2, -0.15) is 0 Å². The van der Waals surface area contributed by atoms with E-state index < -0.39 is 41.1 Å². The summed E-state index contributed by atoms with van der Waals surface area (Å²) in [4.78, 5) is 43.9. The highest BCUT2D eigenvalue weighted by molar-refractivity contribution is 5.99. The molecule has 0 aromatic carbocycles. The zero-order valence-corrected chi connectivity index (χ0v) is 19.2. The van der Waals surface area contributed by atoms with Gasteiger partial charge in [0, 0.05) is 25.2 Å². The van der Waals surface area contributed by atoms with E-state index in [-0.39, 0.29) is 25.0 Å². The first-order valence-corrected chi connectivity index (χ1v) is 11.6. The zero-order chi connectivity index (χ0) is 23.1. The third-order valence-corrected chi connectivity index (χ3v) is 7.03. The number of ether oxygens (including phenoxy) is 2. The summed E-state index contributed by atoms with van der Waals surface area (Å²) in [5, 5.41) is 9.02. The average molecular weight is 447 g/mol. The number of fused-ring (bicyclic) bond motifs is 2. The fraction of sp³-hybridized carbons (Fsp3) is 0.708. The van der Waals surface area contributed by atoms with Crippen molar-refractivity contribution in [3.05, 3.63) is 24.3 Å². The normalized spacial score (nSPS) is 34.2. The first-order chi connectivity index (χ1) is 15.2. The Balaban J connectivity index is 1.72. The molecule has 176 valence electrons. The van der Waals surface area contributed by atoms with Crippen LogP contribution in [0.25, 0.3) is 0 Å². The Labute approximate surface area is 189 Å². The smallest absolute Gasteiger partial charge is 0.313 e. The van der Waals surface area contributed by atoms with E-state index >= 15 is 0 Å². The molecule has 1 spiro atoms. The summed E-state index contributed by atoms with van der Waals surface area (Å²) >= 11 is 0. The lowest BCUT2D eigenvalue weighted by Gasteiger charge is -2.40. The van der Waals surface area contributed by atoms with E-state index in [1.54, 1.807) is 22.0 Å². The second-order valence-electron chi connectivity index (χ2n) is 10.1. The molecule has 0 aromatic heterocycles. The van der Waals surface area contributed by atoms with Crippen LogP contribution in [0.4, 0.5) is 0 Å². The summed E-state index contributed by atoms with van der Waals surface area (Å²) in [5.41, 5.74) is -1.61. The summed E-state index contributed by atoms with van der Waals surface area (Å²) < 4.78 is 11.8. The minimum Gasteiger partial charge on any atom is -0.461 e. The molecule has 2 saturated heterocycles. The maximum Gasteiger partial charge on any atom is 0.313 e. The van der Waals surface area contributed by atoms with Gasteiger partial charge in [-0.15, -0.1) is 0 Å². The molecule has 4 aliphatic heterocycles. The van der Waals surface area contributed by atoms with Crippen molar-refractivity contribution in [3.63, 3.8) is 0 Å². The number of esters is 1. The van der Waals surface area contributed by atoms with Crippen molar-refractivity contribution >= 4 is 17.8 Å². The molecule has 8 nitrogen and oxygen atoms in total. The lowest BCUT2D eigenvalue weighted by Crippen LogP contribution is -2.58. The van der Waals surface area contributed by atoms with Crippen LogP contribution >= 0.6 is 0 Å². The molecule has 2 amide bonds. The largest absolute Gasteiger partial charge is 0.461 e. The number of aliphatic hydroxyl groups excluding tert-OH is 1. The Morgan fingerprint density at radius 3 is 2.56 bits per heavy atom. The van der Waals surface area contributed by atoms with Crippen LogP contribution in [-0.4, -0.2) is 82.3 Å². The molecule has 5 atom stereocenters. The van der Waals surface area contributed by atoms with Crippen LogP contribution in [-0.2, 0) is 23.9 Å². The van der Waals surface area contributed by atoms with E-state index in [0.29, 0.717) is 19.5 Å². The van der Waals surface area contributed by atoms with Gasteiger partial charge in [-0.25, -0.2) is 0 Å². The van der Waals surface area contributed by atoms with Crippen molar-refractivity contribution in [3.8, 4) is 0 Å². The summed E-state index contributed by atoms with van der Waals surface area (Å²) in [6, 6.07) is -0.816. The minimum absolute atomic E-state index is 0.146. The third-order valence-electron chi connectivity index (χ3n) is 7.03. The highest BCUT2D eigenvalue weighted by atomic mass is 16.6. The number of carbonyl (C=O) groups excluding carboxylic acids is 3. The Bertz CT molecular complexity index is 831. The van der Waals surface area contributed by atoms with Crippen molar-refractivity contribution < 1.29 is 29.0 Å². The van der Waals surface area contributed by atoms with Gasteiger partial charge in [-0.1, -0.05) is 31.1 Å². The second-order valence-corrected chi connectivity index (χ2v) is 10.1. The predicted octanol–water partition coefficient (Wildman–Crippen LogP) is 1.43. The van der Waals surface area contributed by atoms with Crippen LogP contribution in [0.15, 0.2) is 24.3 Å². The topological polar surface area (TPSA) is 96.4 Å². The average Bonchev–Trinajstić information content (AvgIpc) is 3.01. The number of aliphatic hydroxyl groups is 1. The maximum absolute atomic E-state index is 13.9. The van der Waals surface area contributed by atoms with Gasteiger partial charge in [-0.3, -0.25) is 14.4 Å². The van der Waals surface area contributed by atoms with Gasteiger partial charge in [0.1, 0.15) is 24.2 Å². The van der Waals surface area contributed by atoms with Gasteiger partial charge in [0.2, 0.25) is 11.8 Å². The SMILES string of the molecule is CC(C)(C)N1CC=CC23O[C@@H]4C=CCOC(=O)[C@@H]4[C@H]2C(=O)N(CCCCCCO)[C@@H]3C1=O. The Morgan fingerprint density at radius 1 is 1.09 bits per heavy atom. The molecule has 4 rings (SSSR count). The van der Waals surface area contributed by atoms with E-state index in [0.717, 1.165) is 19.3 Å². The van der Waals surface area contributed by atoms with E-state index in [1.807, 2.05) is 32.9 Å². The number of hydrogen-bond donors (Lipinski definition) is 1. The fourth-order valence-corrected chi connectivity index (χ4v) is 5.56. The zero-order valence-electron chi connectivity index (χ0n) is 19.2. The molecule has 32 heavy (non-hydrogen) atoms. The van der Waals surface area contributed by atoms with Crippen LogP contribution in [0.3, 0.4) is 0 Å². The van der Waals surface area contributed by atoms with Crippen molar-refractivity contribution in [2.45, 2.75) is 69.7 Å². The van der Waals surface area contributed by atoms with Gasteiger partial charge in [0.25, 0.3) is 0 Å². The molecule has 0 bridgehead atoms. The molecule has 0 saturated carbocycles. The highest BCUT2D eigenvalue weighted by Gasteiger charge is 2.72. The Hall–Kier alpha value is -2.19. The van der Waals surface area contributed by atoms with Crippen molar-refractivity contribution in [2.24, 2.45) is 11.8 Å². The van der Waals surface area contributed by atoms with Crippen LogP contribution in [0.2, 0.25) is 0 Å². The van der Waals surface area contributed by atoms with Crippen molar-refractivity contribution in [1.29, 1.82) is 0 Å². The number of cyclic esters (lactones) is 1. The summed E-state index contributed by atoms with van der Waals surface area (Å²) in [7, 11) is 0. The van der Waals surface area contributed by atoms with E-state index in [9.17, 15) is 14.4 Å². The number of likely N-dealkylation sites (tertiary alicyclic amines) is 1. The van der Waals surface area contributed by atoms with Crippen LogP contribution < -0.4 is 0 Å². The Kier molecular flexibility index (Phi) is 6.20. The first kappa shape index (κ1) is 23.0. The van der Waals surface area contributed by atoms with Crippen molar-refractivity contribution in [2.75, 3.05) is 26.3 Å². The van der Waals surface area contributed by atoms with E-state index in [1.165, 1.54) is 0 Å². The molecule has 0 aliphatic carbocycles. The molecule has 4 heterocycles. The summed E-state index contributed by atoms with van der Waals surface area (Å²) in [6.45, 7) is 7.07. The lowest BCUT2D eigenvalue weighted by molar-refractivity contribution is -0.154. The molecular formula is C24H34N2O6.